The van der Waals surface area contributed by atoms with Crippen LogP contribution in [0.5, 0.6) is 0 Å². The molecule has 0 aliphatic heterocycles. The van der Waals surface area contributed by atoms with Crippen LogP contribution < -0.4 is 5.73 Å². The number of carbonyl (C=O) groups excluding carboxylic acids is 1. The molecule has 2 N–H and O–H groups in total. The molecule has 1 fully saturated rings. The molecule has 0 saturated heterocycles. The number of nitrogens with two attached hydrogens (primary N) is 1. The van der Waals surface area contributed by atoms with Crippen LogP contribution in [-0.2, 0) is 4.79 Å². The van der Waals surface area contributed by atoms with Crippen LogP contribution in [0.4, 0.5) is 0 Å². The third kappa shape index (κ3) is 2.86. The van der Waals surface area contributed by atoms with Crippen molar-refractivity contribution in [1.82, 2.24) is 4.90 Å². The Morgan fingerprint density at radius 2 is 2.06 bits per heavy atom. The average Bonchev–Trinajstić information content (AvgIpc) is 2.32. The van der Waals surface area contributed by atoms with Crippen molar-refractivity contribution < 1.29 is 4.79 Å². The van der Waals surface area contributed by atoms with Crippen LogP contribution in [0.25, 0.3) is 0 Å². The molecular weight excluding hydrogens is 212 g/mol. The Labute approximate surface area is 103 Å². The predicted molar refractivity (Wildman–Crippen MR) is 68.3 cm³/mol. The molecule has 1 aromatic carbocycles. The highest BCUT2D eigenvalue weighted by molar-refractivity contribution is 5.82. The van der Waals surface area contributed by atoms with Crippen molar-refractivity contribution in [2.45, 2.75) is 25.3 Å². The van der Waals surface area contributed by atoms with E-state index >= 15 is 0 Å². The largest absolute Gasteiger partial charge is 0.344 e. The number of carbonyl (C=O) groups is 1. The molecule has 0 bridgehead atoms. The molecule has 1 unspecified atom stereocenters. The molecule has 0 radical (unpaired) electrons. The maximum absolute atomic E-state index is 12.1. The monoisotopic (exact) mass is 232 g/mol. The van der Waals surface area contributed by atoms with E-state index < -0.39 is 6.04 Å². The van der Waals surface area contributed by atoms with Gasteiger partial charge in [-0.25, -0.2) is 0 Å². The predicted octanol–water partition coefficient (Wildman–Crippen LogP) is 1.94. The Hall–Kier alpha value is -1.35. The van der Waals surface area contributed by atoms with Gasteiger partial charge in [-0.1, -0.05) is 36.8 Å². The maximum atomic E-state index is 12.1. The molecule has 1 saturated carbocycles. The topological polar surface area (TPSA) is 46.3 Å². The summed E-state index contributed by atoms with van der Waals surface area (Å²) in [6.45, 7) is 0.847. The Bertz CT molecular complexity index is 373. The van der Waals surface area contributed by atoms with Crippen molar-refractivity contribution in [3.8, 4) is 0 Å². The minimum atomic E-state index is -0.527. The zero-order valence-corrected chi connectivity index (χ0v) is 10.3. The van der Waals surface area contributed by atoms with Crippen LogP contribution in [0.2, 0.25) is 0 Å². The van der Waals surface area contributed by atoms with Crippen LogP contribution in [0, 0.1) is 5.92 Å². The molecule has 3 nitrogen and oxygen atoms in total. The van der Waals surface area contributed by atoms with Gasteiger partial charge in [0.05, 0.1) is 0 Å². The fourth-order valence-corrected chi connectivity index (χ4v) is 2.19. The van der Waals surface area contributed by atoms with Crippen LogP contribution in [0.15, 0.2) is 30.3 Å². The van der Waals surface area contributed by atoms with E-state index in [1.807, 2.05) is 37.4 Å². The lowest BCUT2D eigenvalue weighted by Gasteiger charge is -2.31. The molecule has 1 aliphatic carbocycles. The van der Waals surface area contributed by atoms with E-state index in [4.69, 9.17) is 5.73 Å². The summed E-state index contributed by atoms with van der Waals surface area (Å²) < 4.78 is 0. The fourth-order valence-electron chi connectivity index (χ4n) is 2.19. The van der Waals surface area contributed by atoms with Crippen LogP contribution in [0.3, 0.4) is 0 Å². The summed E-state index contributed by atoms with van der Waals surface area (Å²) in [7, 11) is 1.85. The zero-order valence-electron chi connectivity index (χ0n) is 10.3. The summed E-state index contributed by atoms with van der Waals surface area (Å²) in [6.07, 6.45) is 3.80. The van der Waals surface area contributed by atoms with Crippen molar-refractivity contribution in [2.24, 2.45) is 11.7 Å². The number of benzene rings is 1. The molecule has 92 valence electrons. The Morgan fingerprint density at radius 1 is 1.41 bits per heavy atom. The minimum Gasteiger partial charge on any atom is -0.344 e. The van der Waals surface area contributed by atoms with Crippen molar-refractivity contribution in [3.05, 3.63) is 35.9 Å². The smallest absolute Gasteiger partial charge is 0.243 e. The van der Waals surface area contributed by atoms with E-state index in [0.29, 0.717) is 5.92 Å². The molecule has 2 rings (SSSR count). The van der Waals surface area contributed by atoms with Gasteiger partial charge < -0.3 is 10.6 Å². The molecule has 1 amide bonds. The Balaban J connectivity index is 1.94. The zero-order chi connectivity index (χ0) is 12.3. The van der Waals surface area contributed by atoms with Gasteiger partial charge in [0.15, 0.2) is 0 Å². The lowest BCUT2D eigenvalue weighted by atomic mass is 9.85. The molecule has 0 aromatic heterocycles. The van der Waals surface area contributed by atoms with E-state index in [1.165, 1.54) is 19.3 Å². The molecule has 0 spiro atoms. The normalized spacial score (nSPS) is 17.3. The molecule has 3 heteroatoms. The van der Waals surface area contributed by atoms with Crippen molar-refractivity contribution in [1.29, 1.82) is 0 Å². The Kier molecular flexibility index (Phi) is 3.79. The number of hydrogen-bond donors (Lipinski definition) is 1. The first kappa shape index (κ1) is 12.1. The number of amides is 1. The van der Waals surface area contributed by atoms with Gasteiger partial charge in [0, 0.05) is 13.6 Å². The third-order valence-electron chi connectivity index (χ3n) is 3.56. The van der Waals surface area contributed by atoms with E-state index in [1.54, 1.807) is 4.90 Å². The summed E-state index contributed by atoms with van der Waals surface area (Å²) in [5.41, 5.74) is 6.87. The van der Waals surface area contributed by atoms with Crippen molar-refractivity contribution >= 4 is 5.91 Å². The second kappa shape index (κ2) is 5.32. The lowest BCUT2D eigenvalue weighted by Crippen LogP contribution is -2.39. The van der Waals surface area contributed by atoms with Gasteiger partial charge in [-0.2, -0.15) is 0 Å². The van der Waals surface area contributed by atoms with Gasteiger partial charge in [-0.3, -0.25) is 4.79 Å². The highest BCUT2D eigenvalue weighted by atomic mass is 16.2. The first-order valence-corrected chi connectivity index (χ1v) is 6.24. The van der Waals surface area contributed by atoms with Gasteiger partial charge >= 0.3 is 0 Å². The van der Waals surface area contributed by atoms with Crippen LogP contribution in [0.1, 0.15) is 30.9 Å². The summed E-state index contributed by atoms with van der Waals surface area (Å²) in [4.78, 5) is 13.9. The lowest BCUT2D eigenvalue weighted by molar-refractivity contribution is -0.132. The van der Waals surface area contributed by atoms with Crippen LogP contribution in [-0.4, -0.2) is 24.4 Å². The van der Waals surface area contributed by atoms with E-state index in [9.17, 15) is 4.79 Å². The number of rotatable bonds is 4. The minimum absolute atomic E-state index is 0.0168. The number of nitrogens with zero attached hydrogens (tertiary/aromatic N) is 1. The van der Waals surface area contributed by atoms with Gasteiger partial charge in [-0.15, -0.1) is 0 Å². The van der Waals surface area contributed by atoms with Gasteiger partial charge in [0.25, 0.3) is 0 Å². The van der Waals surface area contributed by atoms with E-state index in [-0.39, 0.29) is 5.91 Å². The third-order valence-corrected chi connectivity index (χ3v) is 3.56. The van der Waals surface area contributed by atoms with Gasteiger partial charge in [0.2, 0.25) is 5.91 Å². The molecule has 1 aromatic rings. The number of likely N-dealkylation sites (N-methyl/N-ethyl adjacent to an activating group) is 1. The first-order chi connectivity index (χ1) is 8.18. The average molecular weight is 232 g/mol. The van der Waals surface area contributed by atoms with E-state index in [2.05, 4.69) is 0 Å². The summed E-state index contributed by atoms with van der Waals surface area (Å²) >= 11 is 0. The van der Waals surface area contributed by atoms with Crippen LogP contribution >= 0.6 is 0 Å². The summed E-state index contributed by atoms with van der Waals surface area (Å²) in [5, 5.41) is 0. The van der Waals surface area contributed by atoms with E-state index in [0.717, 1.165) is 12.1 Å². The highest BCUT2D eigenvalue weighted by Gasteiger charge is 2.24. The number of hydrogen-bond acceptors (Lipinski definition) is 2. The molecular formula is C14H20N2O. The highest BCUT2D eigenvalue weighted by Crippen LogP contribution is 2.27. The second-order valence-electron chi connectivity index (χ2n) is 4.90. The molecule has 17 heavy (non-hydrogen) atoms. The maximum Gasteiger partial charge on any atom is 0.243 e. The first-order valence-electron chi connectivity index (χ1n) is 6.24. The van der Waals surface area contributed by atoms with Crippen molar-refractivity contribution in [3.63, 3.8) is 0 Å². The summed E-state index contributed by atoms with van der Waals surface area (Å²) in [6, 6.07) is 9.03. The van der Waals surface area contributed by atoms with Gasteiger partial charge in [-0.05, 0) is 24.3 Å². The summed E-state index contributed by atoms with van der Waals surface area (Å²) in [5.74, 6) is 0.704. The molecule has 1 atom stereocenters. The molecule has 1 aliphatic rings. The van der Waals surface area contributed by atoms with Gasteiger partial charge in [0.1, 0.15) is 6.04 Å². The Morgan fingerprint density at radius 3 is 2.59 bits per heavy atom. The SMILES string of the molecule is CN(CC1CCC1)C(=O)C(N)c1ccccc1. The quantitative estimate of drug-likeness (QED) is 0.862. The van der Waals surface area contributed by atoms with Crippen molar-refractivity contribution in [2.75, 3.05) is 13.6 Å². The standard InChI is InChI=1S/C14H20N2O/c1-16(10-11-6-5-7-11)14(17)13(15)12-8-3-2-4-9-12/h2-4,8-9,11,13H,5-7,10,15H2,1H3. The fraction of sp³-hybridized carbons (Fsp3) is 0.500. The molecule has 0 heterocycles. The second-order valence-corrected chi connectivity index (χ2v) is 4.90.